The number of aliphatic hydroxyl groups excluding tert-OH is 1. The summed E-state index contributed by atoms with van der Waals surface area (Å²) in [5, 5.41) is 10.7. The van der Waals surface area contributed by atoms with Gasteiger partial charge >= 0.3 is 11.9 Å². The highest BCUT2D eigenvalue weighted by molar-refractivity contribution is 6.00. The Morgan fingerprint density at radius 1 is 1.35 bits per heavy atom. The SMILES string of the molecule is C=C(C)C(=O)O[C@H]1C[C@@]2(C)OC(=CC2=O)C(=C)[C@@H](O)[C@H]2OC(=O)C(=C)[C@@H]21. The Labute approximate surface area is 150 Å². The smallest absolute Gasteiger partial charge is 0.334 e. The van der Waals surface area contributed by atoms with E-state index >= 15 is 0 Å². The summed E-state index contributed by atoms with van der Waals surface area (Å²) in [6.45, 7) is 14.1. The number of carbonyl (C=O) groups excluding carboxylic acids is 3. The zero-order chi connectivity index (χ0) is 19.4. The second kappa shape index (κ2) is 5.95. The number of aliphatic hydroxyl groups is 1. The Hall–Kier alpha value is -2.67. The van der Waals surface area contributed by atoms with Crippen LogP contribution in [0, 0.1) is 5.92 Å². The molecule has 3 aliphatic rings. The number of ketones is 1. The van der Waals surface area contributed by atoms with Crippen LogP contribution in [0.5, 0.6) is 0 Å². The molecule has 138 valence electrons. The van der Waals surface area contributed by atoms with Gasteiger partial charge < -0.3 is 19.3 Å². The Morgan fingerprint density at radius 2 is 2.00 bits per heavy atom. The first-order valence-electron chi connectivity index (χ1n) is 8.14. The lowest BCUT2D eigenvalue weighted by Crippen LogP contribution is -2.45. The van der Waals surface area contributed by atoms with Crippen LogP contribution < -0.4 is 0 Å². The third kappa shape index (κ3) is 2.68. The lowest BCUT2D eigenvalue weighted by atomic mass is 9.80. The molecule has 7 nitrogen and oxygen atoms in total. The van der Waals surface area contributed by atoms with E-state index in [1.54, 1.807) is 6.92 Å². The highest BCUT2D eigenvalue weighted by Gasteiger charge is 2.55. The largest absolute Gasteiger partial charge is 0.479 e. The van der Waals surface area contributed by atoms with Crippen molar-refractivity contribution in [2.45, 2.75) is 44.2 Å². The maximum Gasteiger partial charge on any atom is 0.334 e. The second-order valence-electron chi connectivity index (χ2n) is 7.02. The Balaban J connectivity index is 2.08. The lowest BCUT2D eigenvalue weighted by Gasteiger charge is -2.32. The predicted molar refractivity (Wildman–Crippen MR) is 89.5 cm³/mol. The zero-order valence-corrected chi connectivity index (χ0v) is 14.6. The Bertz CT molecular complexity index is 790. The van der Waals surface area contributed by atoms with Crippen LogP contribution >= 0.6 is 0 Å². The normalized spacial score (nSPS) is 36.2. The molecule has 0 aromatic rings. The van der Waals surface area contributed by atoms with Crippen LogP contribution in [0.2, 0.25) is 0 Å². The van der Waals surface area contributed by atoms with E-state index in [2.05, 4.69) is 19.7 Å². The number of carbonyl (C=O) groups is 3. The van der Waals surface area contributed by atoms with E-state index in [0.717, 1.165) is 0 Å². The van der Waals surface area contributed by atoms with Crippen LogP contribution in [-0.2, 0) is 28.6 Å². The van der Waals surface area contributed by atoms with Crippen molar-refractivity contribution < 1.29 is 33.7 Å². The topological polar surface area (TPSA) is 99.1 Å². The molecule has 2 saturated heterocycles. The van der Waals surface area contributed by atoms with Crippen molar-refractivity contribution in [3.8, 4) is 0 Å². The van der Waals surface area contributed by atoms with E-state index in [-0.39, 0.29) is 34.7 Å². The fourth-order valence-electron chi connectivity index (χ4n) is 3.41. The van der Waals surface area contributed by atoms with Gasteiger partial charge in [0.2, 0.25) is 5.78 Å². The molecule has 0 aromatic carbocycles. The summed E-state index contributed by atoms with van der Waals surface area (Å²) in [7, 11) is 0. The van der Waals surface area contributed by atoms with Crippen molar-refractivity contribution in [1.29, 1.82) is 0 Å². The maximum absolute atomic E-state index is 12.4. The molecule has 2 bridgehead atoms. The van der Waals surface area contributed by atoms with Gasteiger partial charge in [0.25, 0.3) is 0 Å². The lowest BCUT2D eigenvalue weighted by molar-refractivity contribution is -0.155. The minimum Gasteiger partial charge on any atom is -0.479 e. The third-order valence-corrected chi connectivity index (χ3v) is 4.96. The minimum absolute atomic E-state index is 0.0400. The maximum atomic E-state index is 12.4. The van der Waals surface area contributed by atoms with Gasteiger partial charge in [0.15, 0.2) is 5.60 Å². The van der Waals surface area contributed by atoms with Gasteiger partial charge in [-0.25, -0.2) is 9.59 Å². The molecule has 1 N–H and O–H groups in total. The molecule has 7 heteroatoms. The van der Waals surface area contributed by atoms with E-state index in [0.29, 0.717) is 0 Å². The molecule has 0 unspecified atom stereocenters. The van der Waals surface area contributed by atoms with Crippen LogP contribution in [0.25, 0.3) is 0 Å². The standard InChI is InChI=1S/C19H20O7/c1-8(2)17(22)24-12-7-19(5)13(20)6-11(26-19)9(3)15(21)16-14(12)10(4)18(23)25-16/h6,12,14-16,21H,1,3-4,7H2,2,5H3/t12-,14+,15+,16-,19+/m0/s1. The van der Waals surface area contributed by atoms with Gasteiger partial charge in [0.05, 0.1) is 5.92 Å². The van der Waals surface area contributed by atoms with Crippen molar-refractivity contribution in [3.63, 3.8) is 0 Å². The van der Waals surface area contributed by atoms with Crippen molar-refractivity contribution in [2.75, 3.05) is 0 Å². The third-order valence-electron chi connectivity index (χ3n) is 4.96. The summed E-state index contributed by atoms with van der Waals surface area (Å²) in [5.74, 6) is -2.43. The first-order valence-corrected chi connectivity index (χ1v) is 8.14. The molecule has 0 aromatic heterocycles. The highest BCUT2D eigenvalue weighted by Crippen LogP contribution is 2.44. The van der Waals surface area contributed by atoms with Gasteiger partial charge in [-0.2, -0.15) is 0 Å². The van der Waals surface area contributed by atoms with Gasteiger partial charge in [-0.15, -0.1) is 0 Å². The molecular weight excluding hydrogens is 340 g/mol. The summed E-state index contributed by atoms with van der Waals surface area (Å²) in [4.78, 5) is 36.6. The fraction of sp³-hybridized carbons (Fsp3) is 0.421. The van der Waals surface area contributed by atoms with Crippen LogP contribution in [0.1, 0.15) is 20.3 Å². The highest BCUT2D eigenvalue weighted by atomic mass is 16.6. The minimum atomic E-state index is -1.34. The van der Waals surface area contributed by atoms with Crippen molar-refractivity contribution in [3.05, 3.63) is 48.3 Å². The first kappa shape index (κ1) is 18.1. The first-order chi connectivity index (χ1) is 12.0. The molecule has 3 aliphatic heterocycles. The van der Waals surface area contributed by atoms with E-state index in [9.17, 15) is 19.5 Å². The Kier molecular flexibility index (Phi) is 4.15. The van der Waals surface area contributed by atoms with Crippen molar-refractivity contribution >= 4 is 17.7 Å². The molecule has 3 rings (SSSR count). The summed E-state index contributed by atoms with van der Waals surface area (Å²) in [6, 6.07) is 0. The predicted octanol–water partition coefficient (Wildman–Crippen LogP) is 1.13. The van der Waals surface area contributed by atoms with E-state index in [1.807, 2.05) is 0 Å². The van der Waals surface area contributed by atoms with Gasteiger partial charge in [0.1, 0.15) is 24.1 Å². The van der Waals surface area contributed by atoms with Gasteiger partial charge in [-0.3, -0.25) is 4.79 Å². The average molecular weight is 360 g/mol. The summed E-state index contributed by atoms with van der Waals surface area (Å²) in [5.41, 5.74) is -0.987. The number of ether oxygens (including phenoxy) is 3. The molecule has 0 saturated carbocycles. The van der Waals surface area contributed by atoms with E-state index in [1.165, 1.54) is 13.0 Å². The molecule has 0 radical (unpaired) electrons. The Morgan fingerprint density at radius 3 is 2.62 bits per heavy atom. The molecule has 2 fully saturated rings. The fourth-order valence-corrected chi connectivity index (χ4v) is 3.41. The molecule has 26 heavy (non-hydrogen) atoms. The van der Waals surface area contributed by atoms with Crippen LogP contribution in [0.3, 0.4) is 0 Å². The van der Waals surface area contributed by atoms with Crippen LogP contribution in [-0.4, -0.2) is 46.7 Å². The number of hydrogen-bond donors (Lipinski definition) is 1. The summed E-state index contributed by atoms with van der Waals surface area (Å²) < 4.78 is 16.5. The molecular formula is C19H20O7. The van der Waals surface area contributed by atoms with Gasteiger partial charge in [-0.05, 0) is 13.8 Å². The van der Waals surface area contributed by atoms with E-state index in [4.69, 9.17) is 14.2 Å². The molecule has 5 atom stereocenters. The summed E-state index contributed by atoms with van der Waals surface area (Å²) >= 11 is 0. The monoisotopic (exact) mass is 360 g/mol. The molecule has 3 heterocycles. The molecule has 0 amide bonds. The second-order valence-corrected chi connectivity index (χ2v) is 7.02. The van der Waals surface area contributed by atoms with Crippen LogP contribution in [0.15, 0.2) is 48.3 Å². The molecule has 0 aliphatic carbocycles. The van der Waals surface area contributed by atoms with Crippen LogP contribution in [0.4, 0.5) is 0 Å². The average Bonchev–Trinajstić information content (AvgIpc) is 3.02. The quantitative estimate of drug-likeness (QED) is 0.582. The van der Waals surface area contributed by atoms with Crippen molar-refractivity contribution in [2.24, 2.45) is 5.92 Å². The number of esters is 2. The van der Waals surface area contributed by atoms with Gasteiger partial charge in [-0.1, -0.05) is 19.7 Å². The number of hydrogen-bond acceptors (Lipinski definition) is 7. The number of fused-ring (bicyclic) bond motifs is 3. The number of rotatable bonds is 2. The van der Waals surface area contributed by atoms with E-state index < -0.39 is 41.8 Å². The van der Waals surface area contributed by atoms with Gasteiger partial charge in [0, 0.05) is 29.2 Å². The molecule has 0 spiro atoms. The van der Waals surface area contributed by atoms with Crippen molar-refractivity contribution in [1.82, 2.24) is 0 Å². The zero-order valence-electron chi connectivity index (χ0n) is 14.6. The summed E-state index contributed by atoms with van der Waals surface area (Å²) in [6.07, 6.45) is -2.16.